The first-order chi connectivity index (χ1) is 18.6. The summed E-state index contributed by atoms with van der Waals surface area (Å²) in [6.45, 7) is 7.05. The lowest BCUT2D eigenvalue weighted by atomic mass is 10.1. The molecule has 2 aromatic carbocycles. The molecule has 0 saturated carbocycles. The number of hydrogen-bond acceptors (Lipinski definition) is 6. The van der Waals surface area contributed by atoms with Crippen LogP contribution in [0.4, 0.5) is 11.4 Å². The predicted octanol–water partition coefficient (Wildman–Crippen LogP) is 3.54. The molecular formula is C30H39ClN6O2. The van der Waals surface area contributed by atoms with Gasteiger partial charge in [0.05, 0.1) is 18.6 Å². The Kier molecular flexibility index (Phi) is 9.30. The lowest BCUT2D eigenvalue weighted by Crippen LogP contribution is -2.47. The number of fused-ring (bicyclic) bond motifs is 1. The zero-order valence-corrected chi connectivity index (χ0v) is 24.4. The van der Waals surface area contributed by atoms with Crippen LogP contribution in [-0.2, 0) is 16.0 Å². The SMILES string of the molecule is Cc1ccc2c(N3CCN(CCc4cccc(N(CC(=O)N(C)C)CC(=O)N(C)C)c4)CC3)cc(Cl)cc2n1. The van der Waals surface area contributed by atoms with Gasteiger partial charge in [-0.2, -0.15) is 0 Å². The molecule has 1 aliphatic rings. The van der Waals surface area contributed by atoms with Gasteiger partial charge in [0.1, 0.15) is 0 Å². The number of pyridine rings is 1. The number of anilines is 2. The number of benzene rings is 2. The molecule has 1 aromatic heterocycles. The summed E-state index contributed by atoms with van der Waals surface area (Å²) in [5, 5.41) is 1.85. The zero-order valence-electron chi connectivity index (χ0n) is 23.7. The molecule has 2 amide bonds. The molecule has 39 heavy (non-hydrogen) atoms. The molecule has 0 bridgehead atoms. The second kappa shape index (κ2) is 12.7. The van der Waals surface area contributed by atoms with Gasteiger partial charge in [0, 0.05) is 88.4 Å². The molecule has 208 valence electrons. The van der Waals surface area contributed by atoms with Gasteiger partial charge in [-0.15, -0.1) is 0 Å². The maximum absolute atomic E-state index is 12.5. The third kappa shape index (κ3) is 7.40. The van der Waals surface area contributed by atoms with E-state index in [9.17, 15) is 9.59 Å². The van der Waals surface area contributed by atoms with Crippen LogP contribution in [0, 0.1) is 6.92 Å². The summed E-state index contributed by atoms with van der Waals surface area (Å²) in [6.07, 6.45) is 0.897. The highest BCUT2D eigenvalue weighted by atomic mass is 35.5. The molecule has 0 aliphatic carbocycles. The Bertz CT molecular complexity index is 1290. The fourth-order valence-electron chi connectivity index (χ4n) is 4.80. The van der Waals surface area contributed by atoms with Crippen molar-refractivity contribution in [2.45, 2.75) is 13.3 Å². The number of hydrogen-bond donors (Lipinski definition) is 0. The van der Waals surface area contributed by atoms with E-state index >= 15 is 0 Å². The van der Waals surface area contributed by atoms with Crippen molar-refractivity contribution >= 4 is 45.7 Å². The average molecular weight is 551 g/mol. The number of aryl methyl sites for hydroxylation is 1. The molecule has 8 nitrogen and oxygen atoms in total. The molecule has 2 heterocycles. The maximum atomic E-state index is 12.5. The van der Waals surface area contributed by atoms with E-state index in [-0.39, 0.29) is 24.9 Å². The van der Waals surface area contributed by atoms with E-state index in [1.165, 1.54) is 5.56 Å². The topological polar surface area (TPSA) is 63.2 Å². The zero-order chi connectivity index (χ0) is 28.1. The third-order valence-corrected chi connectivity index (χ3v) is 7.46. The van der Waals surface area contributed by atoms with Crippen molar-refractivity contribution in [3.63, 3.8) is 0 Å². The van der Waals surface area contributed by atoms with Gasteiger partial charge >= 0.3 is 0 Å². The summed E-state index contributed by atoms with van der Waals surface area (Å²) in [4.78, 5) is 39.5. The van der Waals surface area contributed by atoms with Crippen LogP contribution in [0.2, 0.25) is 5.02 Å². The highest BCUT2D eigenvalue weighted by Gasteiger charge is 2.21. The molecule has 0 N–H and O–H groups in total. The summed E-state index contributed by atoms with van der Waals surface area (Å²) < 4.78 is 0. The Morgan fingerprint density at radius 2 is 1.56 bits per heavy atom. The Morgan fingerprint density at radius 1 is 0.897 bits per heavy atom. The van der Waals surface area contributed by atoms with Crippen molar-refractivity contribution in [2.75, 3.05) is 83.8 Å². The molecule has 0 atom stereocenters. The third-order valence-electron chi connectivity index (χ3n) is 7.24. The number of rotatable bonds is 9. The molecule has 3 aromatic rings. The second-order valence-electron chi connectivity index (χ2n) is 10.6. The first-order valence-corrected chi connectivity index (χ1v) is 13.8. The highest BCUT2D eigenvalue weighted by Crippen LogP contribution is 2.31. The van der Waals surface area contributed by atoms with E-state index in [0.29, 0.717) is 5.02 Å². The molecule has 0 radical (unpaired) electrons. The average Bonchev–Trinajstić information content (AvgIpc) is 2.91. The smallest absolute Gasteiger partial charge is 0.241 e. The Balaban J connectivity index is 1.38. The van der Waals surface area contributed by atoms with E-state index in [2.05, 4.69) is 45.1 Å². The predicted molar refractivity (Wildman–Crippen MR) is 160 cm³/mol. The van der Waals surface area contributed by atoms with Crippen molar-refractivity contribution in [3.8, 4) is 0 Å². The van der Waals surface area contributed by atoms with Gasteiger partial charge in [0.15, 0.2) is 0 Å². The summed E-state index contributed by atoms with van der Waals surface area (Å²) >= 11 is 6.44. The first-order valence-electron chi connectivity index (χ1n) is 13.4. The van der Waals surface area contributed by atoms with E-state index in [1.54, 1.807) is 38.0 Å². The van der Waals surface area contributed by atoms with Crippen LogP contribution in [0.1, 0.15) is 11.3 Å². The van der Waals surface area contributed by atoms with Crippen molar-refractivity contribution < 1.29 is 9.59 Å². The summed E-state index contributed by atoms with van der Waals surface area (Å²) in [7, 11) is 6.93. The molecule has 0 spiro atoms. The maximum Gasteiger partial charge on any atom is 0.241 e. The van der Waals surface area contributed by atoms with Crippen molar-refractivity contribution in [3.05, 3.63) is 64.8 Å². The van der Waals surface area contributed by atoms with Gasteiger partial charge in [-0.05, 0) is 55.3 Å². The van der Waals surface area contributed by atoms with Crippen molar-refractivity contribution in [1.29, 1.82) is 0 Å². The first kappa shape index (κ1) is 28.6. The molecule has 4 rings (SSSR count). The van der Waals surface area contributed by atoms with Gasteiger partial charge in [-0.3, -0.25) is 19.5 Å². The van der Waals surface area contributed by atoms with Crippen LogP contribution >= 0.6 is 11.6 Å². The van der Waals surface area contributed by atoms with Gasteiger partial charge in [-0.25, -0.2) is 0 Å². The largest absolute Gasteiger partial charge is 0.368 e. The fraction of sp³-hybridized carbons (Fsp3) is 0.433. The van der Waals surface area contributed by atoms with Crippen LogP contribution in [0.15, 0.2) is 48.5 Å². The minimum absolute atomic E-state index is 0.0387. The standard InChI is InChI=1S/C30H39ClN6O2/c1-22-9-10-26-27(32-22)18-24(31)19-28(26)36-15-13-35(14-16-36)12-11-23-7-6-8-25(17-23)37(20-29(38)33(2)3)21-30(39)34(4)5/h6-10,17-19H,11-16,20-21H2,1-5H3. The second-order valence-corrected chi connectivity index (χ2v) is 11.1. The lowest BCUT2D eigenvalue weighted by molar-refractivity contribution is -0.128. The van der Waals surface area contributed by atoms with E-state index in [1.807, 2.05) is 30.0 Å². The number of amides is 2. The summed E-state index contributed by atoms with van der Waals surface area (Å²) in [6, 6.07) is 16.4. The van der Waals surface area contributed by atoms with Crippen LogP contribution < -0.4 is 9.80 Å². The van der Waals surface area contributed by atoms with Gasteiger partial charge in [0.25, 0.3) is 0 Å². The summed E-state index contributed by atoms with van der Waals surface area (Å²) in [5.74, 6) is -0.0774. The number of carbonyl (C=O) groups excluding carboxylic acids is 2. The van der Waals surface area contributed by atoms with Gasteiger partial charge in [-0.1, -0.05) is 23.7 Å². The number of likely N-dealkylation sites (N-methyl/N-ethyl adjacent to an activating group) is 2. The van der Waals surface area contributed by atoms with Gasteiger partial charge in [0.2, 0.25) is 11.8 Å². The number of nitrogens with zero attached hydrogens (tertiary/aromatic N) is 6. The number of piperazine rings is 1. The van der Waals surface area contributed by atoms with Crippen LogP contribution in [0.25, 0.3) is 10.9 Å². The quantitative estimate of drug-likeness (QED) is 0.406. The van der Waals surface area contributed by atoms with Crippen molar-refractivity contribution in [1.82, 2.24) is 19.7 Å². The molecule has 9 heteroatoms. The molecule has 1 aliphatic heterocycles. The van der Waals surface area contributed by atoms with E-state index < -0.39 is 0 Å². The van der Waals surface area contributed by atoms with Crippen molar-refractivity contribution in [2.24, 2.45) is 0 Å². The molecule has 1 fully saturated rings. The number of aromatic nitrogens is 1. The highest BCUT2D eigenvalue weighted by molar-refractivity contribution is 6.31. The summed E-state index contributed by atoms with van der Waals surface area (Å²) in [5.41, 5.74) is 5.16. The van der Waals surface area contributed by atoms with Crippen LogP contribution in [0.3, 0.4) is 0 Å². The van der Waals surface area contributed by atoms with E-state index in [4.69, 9.17) is 11.6 Å². The Hall–Kier alpha value is -3.36. The van der Waals surface area contributed by atoms with Crippen LogP contribution in [-0.4, -0.2) is 106 Å². The molecule has 1 saturated heterocycles. The minimum atomic E-state index is -0.0387. The van der Waals surface area contributed by atoms with E-state index in [0.717, 1.165) is 67.1 Å². The number of halogens is 1. The number of carbonyl (C=O) groups is 2. The monoisotopic (exact) mass is 550 g/mol. The van der Waals surface area contributed by atoms with Crippen LogP contribution in [0.5, 0.6) is 0 Å². The normalized spacial score (nSPS) is 13.9. The fourth-order valence-corrected chi connectivity index (χ4v) is 5.01. The minimum Gasteiger partial charge on any atom is -0.368 e. The Labute approximate surface area is 236 Å². The van der Waals surface area contributed by atoms with Gasteiger partial charge < -0.3 is 19.6 Å². The lowest BCUT2D eigenvalue weighted by Gasteiger charge is -2.36. The molecular weight excluding hydrogens is 512 g/mol. The molecule has 0 unspecified atom stereocenters. The Morgan fingerprint density at radius 3 is 2.21 bits per heavy atom.